The van der Waals surface area contributed by atoms with E-state index < -0.39 is 0 Å². The van der Waals surface area contributed by atoms with Gasteiger partial charge in [0.25, 0.3) is 0 Å². The summed E-state index contributed by atoms with van der Waals surface area (Å²) in [7, 11) is 0. The zero-order valence-corrected chi connectivity index (χ0v) is 9.36. The van der Waals surface area contributed by atoms with Crippen LogP contribution in [-0.2, 0) is 6.42 Å². The van der Waals surface area contributed by atoms with Crippen LogP contribution in [0.2, 0.25) is 5.02 Å². The first-order chi connectivity index (χ1) is 5.97. The van der Waals surface area contributed by atoms with Crippen molar-refractivity contribution in [2.45, 2.75) is 48.5 Å². The minimum Gasteiger partial charge on any atom is -0.0843 e. The summed E-state index contributed by atoms with van der Waals surface area (Å²) < 4.78 is 0. The van der Waals surface area contributed by atoms with Gasteiger partial charge in [-0.2, -0.15) is 0 Å². The van der Waals surface area contributed by atoms with Crippen LogP contribution >= 0.6 is 11.6 Å². The lowest BCUT2D eigenvalue weighted by molar-refractivity contribution is 0.378. The summed E-state index contributed by atoms with van der Waals surface area (Å²) in [6, 6.07) is 8.13. The average Bonchev–Trinajstić information content (AvgIpc) is 2.02. The molecule has 0 saturated heterocycles. The molecule has 0 fully saturated rings. The Bertz CT molecular complexity index is 254. The zero-order chi connectivity index (χ0) is 9.90. The second kappa shape index (κ2) is 6.90. The minimum atomic E-state index is 0. The van der Waals surface area contributed by atoms with Crippen molar-refractivity contribution in [1.82, 2.24) is 0 Å². The van der Waals surface area contributed by atoms with Gasteiger partial charge in [0.1, 0.15) is 0 Å². The second-order valence-corrected chi connectivity index (χ2v) is 5.12. The summed E-state index contributed by atoms with van der Waals surface area (Å²) in [5.74, 6) is 0. The molecule has 1 aromatic carbocycles. The number of aryl methyl sites for hydroxylation is 1. The predicted octanol–water partition coefficient (Wildman–Crippen LogP) is 5.59. The molecule has 0 aromatic heterocycles. The van der Waals surface area contributed by atoms with E-state index >= 15 is 0 Å². The summed E-state index contributed by atoms with van der Waals surface area (Å²) >= 11 is 5.80. The van der Waals surface area contributed by atoms with E-state index in [4.69, 9.17) is 11.6 Å². The van der Waals surface area contributed by atoms with Crippen molar-refractivity contribution >= 4 is 11.6 Å². The fourth-order valence-corrected chi connectivity index (χ4v) is 1.30. The number of hydrogen-bond donors (Lipinski definition) is 0. The molecule has 88 valence electrons. The fourth-order valence-electron chi connectivity index (χ4n) is 1.17. The second-order valence-electron chi connectivity index (χ2n) is 4.69. The fraction of sp³-hybridized carbons (Fsp3) is 0.571. The highest BCUT2D eigenvalue weighted by Crippen LogP contribution is 2.21. The van der Waals surface area contributed by atoms with Crippen molar-refractivity contribution in [1.29, 1.82) is 0 Å². The van der Waals surface area contributed by atoms with Crippen LogP contribution in [0.4, 0.5) is 0 Å². The topological polar surface area (TPSA) is 0 Å². The normalized spacial score (nSPS) is 10.1. The van der Waals surface area contributed by atoms with Gasteiger partial charge in [-0.25, -0.2) is 0 Å². The first-order valence-corrected chi connectivity index (χ1v) is 5.10. The van der Waals surface area contributed by atoms with Crippen LogP contribution in [0.1, 0.15) is 47.6 Å². The molecule has 0 N–H and O–H groups in total. The molecular formula is C14H25Cl. The molecule has 1 heteroatoms. The van der Waals surface area contributed by atoms with Gasteiger partial charge in [-0.1, -0.05) is 59.4 Å². The Hall–Kier alpha value is -0.490. The summed E-state index contributed by atoms with van der Waals surface area (Å²) in [6.07, 6.45) is 2.36. The lowest BCUT2D eigenvalue weighted by Crippen LogP contribution is -2.06. The van der Waals surface area contributed by atoms with Crippen molar-refractivity contribution in [2.75, 3.05) is 0 Å². The molecule has 0 aliphatic carbocycles. The molecule has 0 bridgehead atoms. The van der Waals surface area contributed by atoms with Crippen molar-refractivity contribution in [2.24, 2.45) is 5.41 Å². The molecule has 0 atom stereocenters. The van der Waals surface area contributed by atoms with Crippen molar-refractivity contribution < 1.29 is 0 Å². The van der Waals surface area contributed by atoms with Gasteiger partial charge in [0.05, 0.1) is 0 Å². The number of halogens is 1. The van der Waals surface area contributed by atoms with Gasteiger partial charge >= 0.3 is 0 Å². The molecule has 1 aromatic rings. The maximum Gasteiger partial charge on any atom is 0.0406 e. The zero-order valence-electron chi connectivity index (χ0n) is 8.60. The third-order valence-corrected chi connectivity index (χ3v) is 2.33. The Morgan fingerprint density at radius 3 is 1.87 bits per heavy atom. The predicted molar refractivity (Wildman–Crippen MR) is 72.7 cm³/mol. The van der Waals surface area contributed by atoms with Gasteiger partial charge in [0.15, 0.2) is 0 Å². The van der Waals surface area contributed by atoms with Crippen LogP contribution in [0, 0.1) is 5.41 Å². The SMILES string of the molecule is C.C.CC(C)(C)CCc1ccc(Cl)cc1. The van der Waals surface area contributed by atoms with Gasteiger partial charge in [-0.3, -0.25) is 0 Å². The van der Waals surface area contributed by atoms with E-state index in [9.17, 15) is 0 Å². The van der Waals surface area contributed by atoms with Crippen LogP contribution in [0.5, 0.6) is 0 Å². The number of rotatable bonds is 2. The Morgan fingerprint density at radius 2 is 1.47 bits per heavy atom. The summed E-state index contributed by atoms with van der Waals surface area (Å²) in [6.45, 7) is 6.80. The van der Waals surface area contributed by atoms with E-state index in [1.165, 1.54) is 12.0 Å². The van der Waals surface area contributed by atoms with Crippen LogP contribution < -0.4 is 0 Å². The first kappa shape index (κ1) is 16.9. The van der Waals surface area contributed by atoms with E-state index in [0.717, 1.165) is 11.4 Å². The summed E-state index contributed by atoms with van der Waals surface area (Å²) in [5.41, 5.74) is 1.79. The van der Waals surface area contributed by atoms with Crippen LogP contribution in [-0.4, -0.2) is 0 Å². The molecule has 0 heterocycles. The van der Waals surface area contributed by atoms with Gasteiger partial charge in [0, 0.05) is 5.02 Å². The van der Waals surface area contributed by atoms with E-state index in [1.807, 2.05) is 12.1 Å². The van der Waals surface area contributed by atoms with E-state index in [2.05, 4.69) is 32.9 Å². The van der Waals surface area contributed by atoms with Gasteiger partial charge in [-0.05, 0) is 36.0 Å². The molecule has 0 unspecified atom stereocenters. The van der Waals surface area contributed by atoms with Crippen LogP contribution in [0.25, 0.3) is 0 Å². The van der Waals surface area contributed by atoms with E-state index in [0.29, 0.717) is 5.41 Å². The third kappa shape index (κ3) is 7.44. The molecule has 0 aliphatic rings. The lowest BCUT2D eigenvalue weighted by Gasteiger charge is -2.17. The third-order valence-electron chi connectivity index (χ3n) is 2.08. The van der Waals surface area contributed by atoms with Crippen molar-refractivity contribution in [3.63, 3.8) is 0 Å². The molecule has 0 radical (unpaired) electrons. The average molecular weight is 229 g/mol. The molecule has 0 aliphatic heterocycles. The molecule has 1 rings (SSSR count). The largest absolute Gasteiger partial charge is 0.0843 e. The Balaban J connectivity index is 0. The number of hydrogen-bond acceptors (Lipinski definition) is 0. The number of benzene rings is 1. The quantitative estimate of drug-likeness (QED) is 0.619. The highest BCUT2D eigenvalue weighted by Gasteiger charge is 2.09. The van der Waals surface area contributed by atoms with Gasteiger partial charge in [-0.15, -0.1) is 0 Å². The van der Waals surface area contributed by atoms with Crippen molar-refractivity contribution in [3.05, 3.63) is 34.9 Å². The Labute approximate surface area is 101 Å². The highest BCUT2D eigenvalue weighted by molar-refractivity contribution is 6.30. The molecule has 0 nitrogen and oxygen atoms in total. The molecule has 0 amide bonds. The lowest BCUT2D eigenvalue weighted by atomic mass is 9.89. The first-order valence-electron chi connectivity index (χ1n) is 4.72. The molecule has 0 saturated carbocycles. The molecule has 0 spiro atoms. The maximum atomic E-state index is 5.80. The van der Waals surface area contributed by atoms with Crippen LogP contribution in [0.15, 0.2) is 24.3 Å². The van der Waals surface area contributed by atoms with E-state index in [-0.39, 0.29) is 14.9 Å². The highest BCUT2D eigenvalue weighted by atomic mass is 35.5. The van der Waals surface area contributed by atoms with Crippen LogP contribution in [0.3, 0.4) is 0 Å². The summed E-state index contributed by atoms with van der Waals surface area (Å²) in [5, 5.41) is 0.819. The Morgan fingerprint density at radius 1 is 1.00 bits per heavy atom. The monoisotopic (exact) mass is 228 g/mol. The Kier molecular flexibility index (Phi) is 7.78. The van der Waals surface area contributed by atoms with Crippen molar-refractivity contribution in [3.8, 4) is 0 Å². The standard InChI is InChI=1S/C12H17Cl.2CH4/c1-12(2,3)9-8-10-4-6-11(13)7-5-10;;/h4-7H,8-9H2,1-3H3;2*1H4. The van der Waals surface area contributed by atoms with Gasteiger partial charge in [0.2, 0.25) is 0 Å². The van der Waals surface area contributed by atoms with Gasteiger partial charge < -0.3 is 0 Å². The molecule has 15 heavy (non-hydrogen) atoms. The maximum absolute atomic E-state index is 5.80. The molecular weight excluding hydrogens is 204 g/mol. The summed E-state index contributed by atoms with van der Waals surface area (Å²) in [4.78, 5) is 0. The minimum absolute atomic E-state index is 0. The van der Waals surface area contributed by atoms with E-state index in [1.54, 1.807) is 0 Å². The smallest absolute Gasteiger partial charge is 0.0406 e.